The number of carbonyl (C=O) groups excluding carboxylic acids is 2. The summed E-state index contributed by atoms with van der Waals surface area (Å²) in [6, 6.07) is 9.81. The lowest BCUT2D eigenvalue weighted by molar-refractivity contribution is 0.0451. The van der Waals surface area contributed by atoms with E-state index in [-0.39, 0.29) is 11.9 Å². The molecule has 1 aromatic carbocycles. The smallest absolute Gasteiger partial charge is 0.407 e. The van der Waals surface area contributed by atoms with E-state index in [4.69, 9.17) is 4.74 Å². The molecule has 3 rings (SSSR count). The van der Waals surface area contributed by atoms with Gasteiger partial charge in [-0.3, -0.25) is 4.79 Å². The van der Waals surface area contributed by atoms with Gasteiger partial charge in [0.25, 0.3) is 5.91 Å². The highest BCUT2D eigenvalue weighted by atomic mass is 16.6. The number of alkyl carbamates (subject to hydrolysis) is 1. The van der Waals surface area contributed by atoms with Crippen molar-refractivity contribution in [3.63, 3.8) is 0 Å². The van der Waals surface area contributed by atoms with E-state index in [2.05, 4.69) is 5.32 Å². The van der Waals surface area contributed by atoms with Gasteiger partial charge in [-0.2, -0.15) is 0 Å². The largest absolute Gasteiger partial charge is 0.444 e. The number of aryl methyl sites for hydroxylation is 1. The predicted octanol–water partition coefficient (Wildman–Crippen LogP) is 3.31. The van der Waals surface area contributed by atoms with Crippen molar-refractivity contribution in [2.24, 2.45) is 7.05 Å². The molecule has 0 radical (unpaired) electrons. The number of nitrogens with one attached hydrogen (secondary N) is 1. The van der Waals surface area contributed by atoms with Crippen LogP contribution in [0.2, 0.25) is 0 Å². The van der Waals surface area contributed by atoms with Crippen LogP contribution in [0.4, 0.5) is 4.79 Å². The molecule has 1 N–H and O–H groups in total. The summed E-state index contributed by atoms with van der Waals surface area (Å²) >= 11 is 0. The minimum absolute atomic E-state index is 0.000566. The number of hydrogen-bond acceptors (Lipinski definition) is 3. The standard InChI is InChI=1S/C20H27N3O3/c1-20(2,3)26-19(25)21-15-9-7-11-23(13-15)18(24)17-12-14-8-5-6-10-16(14)22(17)4/h5-6,8,10,12,15H,7,9,11,13H2,1-4H3,(H,21,25)/t15-/m0/s1. The lowest BCUT2D eigenvalue weighted by atomic mass is 10.1. The van der Waals surface area contributed by atoms with Crippen molar-refractivity contribution in [2.75, 3.05) is 13.1 Å². The van der Waals surface area contributed by atoms with Gasteiger partial charge in [0.2, 0.25) is 0 Å². The molecule has 2 heterocycles. The fourth-order valence-corrected chi connectivity index (χ4v) is 3.41. The number of carbonyl (C=O) groups is 2. The Bertz CT molecular complexity index is 819. The zero-order valence-electron chi connectivity index (χ0n) is 15.9. The Hall–Kier alpha value is -2.50. The Morgan fingerprint density at radius 3 is 2.65 bits per heavy atom. The van der Waals surface area contributed by atoms with E-state index in [0.29, 0.717) is 18.8 Å². The Morgan fingerprint density at radius 2 is 1.96 bits per heavy atom. The van der Waals surface area contributed by atoms with Crippen LogP contribution in [-0.2, 0) is 11.8 Å². The third-order valence-electron chi connectivity index (χ3n) is 4.60. The van der Waals surface area contributed by atoms with Gasteiger partial charge in [0.05, 0.1) is 0 Å². The van der Waals surface area contributed by atoms with Gasteiger partial charge in [-0.1, -0.05) is 18.2 Å². The SMILES string of the molecule is Cn1c(C(=O)N2CCC[C@H](NC(=O)OC(C)(C)C)C2)cc2ccccc21. The monoisotopic (exact) mass is 357 g/mol. The summed E-state index contributed by atoms with van der Waals surface area (Å²) in [4.78, 5) is 26.8. The first-order valence-corrected chi connectivity index (χ1v) is 9.08. The van der Waals surface area contributed by atoms with Crippen LogP contribution in [0.25, 0.3) is 10.9 Å². The molecule has 0 aliphatic carbocycles. The highest BCUT2D eigenvalue weighted by Crippen LogP contribution is 2.21. The second-order valence-electron chi connectivity index (χ2n) is 7.88. The number of benzene rings is 1. The van der Waals surface area contributed by atoms with Crippen LogP contribution in [0.3, 0.4) is 0 Å². The van der Waals surface area contributed by atoms with Crippen LogP contribution in [0.1, 0.15) is 44.1 Å². The number of hydrogen-bond donors (Lipinski definition) is 1. The highest BCUT2D eigenvalue weighted by molar-refractivity contribution is 5.98. The number of nitrogens with zero attached hydrogens (tertiary/aromatic N) is 2. The fourth-order valence-electron chi connectivity index (χ4n) is 3.41. The summed E-state index contributed by atoms with van der Waals surface area (Å²) in [7, 11) is 1.91. The van der Waals surface area contributed by atoms with E-state index < -0.39 is 11.7 Å². The van der Waals surface area contributed by atoms with Crippen molar-refractivity contribution in [2.45, 2.75) is 45.3 Å². The molecule has 1 aliphatic heterocycles. The molecule has 1 aromatic heterocycles. The molecule has 1 fully saturated rings. The number of para-hydroxylation sites is 1. The van der Waals surface area contributed by atoms with Crippen molar-refractivity contribution in [1.82, 2.24) is 14.8 Å². The van der Waals surface area contributed by atoms with Gasteiger partial charge < -0.3 is 19.5 Å². The first kappa shape index (κ1) is 18.3. The second kappa shape index (κ2) is 7.02. The zero-order chi connectivity index (χ0) is 18.9. The van der Waals surface area contributed by atoms with Crippen LogP contribution < -0.4 is 5.32 Å². The Kier molecular flexibility index (Phi) is 4.94. The number of fused-ring (bicyclic) bond motifs is 1. The molecule has 0 spiro atoms. The maximum absolute atomic E-state index is 13.0. The van der Waals surface area contributed by atoms with Crippen LogP contribution >= 0.6 is 0 Å². The van der Waals surface area contributed by atoms with Crippen molar-refractivity contribution >= 4 is 22.9 Å². The zero-order valence-corrected chi connectivity index (χ0v) is 15.9. The van der Waals surface area contributed by atoms with Gasteiger partial charge in [-0.15, -0.1) is 0 Å². The summed E-state index contributed by atoms with van der Waals surface area (Å²) in [6.07, 6.45) is 1.27. The van der Waals surface area contributed by atoms with E-state index in [9.17, 15) is 9.59 Å². The molecule has 26 heavy (non-hydrogen) atoms. The maximum Gasteiger partial charge on any atom is 0.407 e. The highest BCUT2D eigenvalue weighted by Gasteiger charge is 2.28. The molecule has 6 heteroatoms. The third-order valence-corrected chi connectivity index (χ3v) is 4.60. The molecule has 0 saturated carbocycles. The average Bonchev–Trinajstić information content (AvgIpc) is 2.90. The number of piperidine rings is 1. The number of rotatable bonds is 2. The number of ether oxygens (including phenoxy) is 1. The van der Waals surface area contributed by atoms with Crippen molar-refractivity contribution in [3.05, 3.63) is 36.0 Å². The lowest BCUT2D eigenvalue weighted by Gasteiger charge is -2.33. The molecule has 2 amide bonds. The van der Waals surface area contributed by atoms with Gasteiger partial charge in [-0.25, -0.2) is 4.79 Å². The van der Waals surface area contributed by atoms with Gasteiger partial charge in [-0.05, 0) is 45.7 Å². The first-order valence-electron chi connectivity index (χ1n) is 9.08. The topological polar surface area (TPSA) is 63.6 Å². The van der Waals surface area contributed by atoms with Crippen LogP contribution in [0.15, 0.2) is 30.3 Å². The Balaban J connectivity index is 1.69. The van der Waals surface area contributed by atoms with E-state index in [1.807, 2.05) is 67.6 Å². The number of likely N-dealkylation sites (tertiary alicyclic amines) is 1. The van der Waals surface area contributed by atoms with Crippen LogP contribution in [0, 0.1) is 0 Å². The van der Waals surface area contributed by atoms with Crippen LogP contribution in [-0.4, -0.2) is 46.2 Å². The summed E-state index contributed by atoms with van der Waals surface area (Å²) in [5.41, 5.74) is 1.18. The molecule has 2 aromatic rings. The molecule has 0 bridgehead atoms. The van der Waals surface area contributed by atoms with Crippen molar-refractivity contribution in [1.29, 1.82) is 0 Å². The molecule has 140 valence electrons. The van der Waals surface area contributed by atoms with Crippen molar-refractivity contribution < 1.29 is 14.3 Å². The second-order valence-corrected chi connectivity index (χ2v) is 7.88. The summed E-state index contributed by atoms with van der Waals surface area (Å²) in [5, 5.41) is 3.95. The third kappa shape index (κ3) is 4.00. The van der Waals surface area contributed by atoms with Gasteiger partial charge in [0.15, 0.2) is 0 Å². The molecule has 1 atom stereocenters. The number of amides is 2. The first-order chi connectivity index (χ1) is 12.2. The maximum atomic E-state index is 13.0. The summed E-state index contributed by atoms with van der Waals surface area (Å²) in [5.74, 6) is -0.000566. The summed E-state index contributed by atoms with van der Waals surface area (Å²) in [6.45, 7) is 6.71. The van der Waals surface area contributed by atoms with E-state index in [0.717, 1.165) is 23.7 Å². The molecular formula is C20H27N3O3. The Labute approximate surface area is 154 Å². The molecule has 0 unspecified atom stereocenters. The van der Waals surface area contributed by atoms with Gasteiger partial charge in [0, 0.05) is 37.1 Å². The molecule has 1 aliphatic rings. The lowest BCUT2D eigenvalue weighted by Crippen LogP contribution is -2.50. The minimum Gasteiger partial charge on any atom is -0.444 e. The molecule has 1 saturated heterocycles. The van der Waals surface area contributed by atoms with Gasteiger partial charge >= 0.3 is 6.09 Å². The number of aromatic nitrogens is 1. The van der Waals surface area contributed by atoms with E-state index in [1.165, 1.54) is 0 Å². The molecular weight excluding hydrogens is 330 g/mol. The minimum atomic E-state index is -0.530. The van der Waals surface area contributed by atoms with E-state index in [1.54, 1.807) is 0 Å². The normalized spacial score (nSPS) is 18.0. The Morgan fingerprint density at radius 1 is 1.23 bits per heavy atom. The predicted molar refractivity (Wildman–Crippen MR) is 101 cm³/mol. The fraction of sp³-hybridized carbons (Fsp3) is 0.500. The average molecular weight is 357 g/mol. The summed E-state index contributed by atoms with van der Waals surface area (Å²) < 4.78 is 7.26. The van der Waals surface area contributed by atoms with Gasteiger partial charge in [0.1, 0.15) is 11.3 Å². The molecule has 6 nitrogen and oxygen atoms in total. The quantitative estimate of drug-likeness (QED) is 0.897. The van der Waals surface area contributed by atoms with E-state index >= 15 is 0 Å². The van der Waals surface area contributed by atoms with Crippen LogP contribution in [0.5, 0.6) is 0 Å². The van der Waals surface area contributed by atoms with Crippen molar-refractivity contribution in [3.8, 4) is 0 Å².